The van der Waals surface area contributed by atoms with Crippen molar-refractivity contribution in [3.8, 4) is 0 Å². The first-order valence-electron chi connectivity index (χ1n) is 6.39. The van der Waals surface area contributed by atoms with E-state index in [9.17, 15) is 9.59 Å². The molecule has 0 radical (unpaired) electrons. The van der Waals surface area contributed by atoms with Gasteiger partial charge in [-0.15, -0.1) is 5.10 Å². The molecule has 0 unspecified atom stereocenters. The van der Waals surface area contributed by atoms with Crippen molar-refractivity contribution < 1.29 is 9.59 Å². The van der Waals surface area contributed by atoms with Gasteiger partial charge in [0.15, 0.2) is 5.69 Å². The predicted octanol–water partition coefficient (Wildman–Crippen LogP) is -0.776. The quantitative estimate of drug-likeness (QED) is 0.737. The second-order valence-corrected chi connectivity index (χ2v) is 5.61. The highest BCUT2D eigenvalue weighted by molar-refractivity contribution is 5.94. The Hall–Kier alpha value is -1.96. The summed E-state index contributed by atoms with van der Waals surface area (Å²) < 4.78 is 1.50. The topological polar surface area (TPSA) is 106 Å². The van der Waals surface area contributed by atoms with Crippen molar-refractivity contribution in [3.63, 3.8) is 0 Å². The molecule has 1 heterocycles. The Kier molecular flexibility index (Phi) is 5.20. The van der Waals surface area contributed by atoms with Crippen LogP contribution in [-0.2, 0) is 11.3 Å². The third kappa shape index (κ3) is 4.96. The molecule has 3 N–H and O–H groups in total. The first-order valence-corrected chi connectivity index (χ1v) is 6.39. The highest BCUT2D eigenvalue weighted by Gasteiger charge is 2.20. The number of amides is 2. The highest BCUT2D eigenvalue weighted by atomic mass is 16.2. The predicted molar refractivity (Wildman–Crippen MR) is 73.9 cm³/mol. The van der Waals surface area contributed by atoms with Crippen molar-refractivity contribution in [3.05, 3.63) is 11.9 Å². The van der Waals surface area contributed by atoms with Gasteiger partial charge in [-0.2, -0.15) is 0 Å². The van der Waals surface area contributed by atoms with Crippen LogP contribution in [0.3, 0.4) is 0 Å². The van der Waals surface area contributed by atoms with Crippen LogP contribution in [0.1, 0.15) is 31.3 Å². The standard InChI is InChI=1S/C12H22N6O2/c1-12(2,3)14-10(19)8-17(4)11(20)9-7-18(6-5-13)16-15-9/h7H,5-6,8,13H2,1-4H3,(H,14,19). The first-order chi connectivity index (χ1) is 9.23. The van der Waals surface area contributed by atoms with Crippen molar-refractivity contribution in [2.75, 3.05) is 20.1 Å². The number of hydrogen-bond donors (Lipinski definition) is 2. The van der Waals surface area contributed by atoms with Gasteiger partial charge in [0.2, 0.25) is 5.91 Å². The molecule has 8 nitrogen and oxygen atoms in total. The second-order valence-electron chi connectivity index (χ2n) is 5.61. The van der Waals surface area contributed by atoms with E-state index in [0.717, 1.165) is 0 Å². The van der Waals surface area contributed by atoms with Gasteiger partial charge in [0.05, 0.1) is 19.3 Å². The van der Waals surface area contributed by atoms with Crippen LogP contribution in [0.15, 0.2) is 6.20 Å². The fourth-order valence-electron chi connectivity index (χ4n) is 1.58. The number of hydrogen-bond acceptors (Lipinski definition) is 5. The highest BCUT2D eigenvalue weighted by Crippen LogP contribution is 2.01. The van der Waals surface area contributed by atoms with E-state index in [0.29, 0.717) is 13.1 Å². The molecule has 8 heteroatoms. The summed E-state index contributed by atoms with van der Waals surface area (Å²) in [4.78, 5) is 25.1. The van der Waals surface area contributed by atoms with Gasteiger partial charge in [-0.25, -0.2) is 0 Å². The van der Waals surface area contributed by atoms with Crippen LogP contribution in [0.5, 0.6) is 0 Å². The number of rotatable bonds is 5. The maximum atomic E-state index is 12.1. The molecule has 0 fully saturated rings. The number of nitrogens with two attached hydrogens (primary N) is 1. The minimum atomic E-state index is -0.350. The normalized spacial score (nSPS) is 11.2. The summed E-state index contributed by atoms with van der Waals surface area (Å²) in [7, 11) is 1.55. The van der Waals surface area contributed by atoms with E-state index in [4.69, 9.17) is 5.73 Å². The molecule has 0 bridgehead atoms. The minimum Gasteiger partial charge on any atom is -0.350 e. The monoisotopic (exact) mass is 282 g/mol. The number of carbonyl (C=O) groups excluding carboxylic acids is 2. The molecule has 1 aromatic heterocycles. The van der Waals surface area contributed by atoms with Crippen LogP contribution >= 0.6 is 0 Å². The molecule has 0 aromatic carbocycles. The molecule has 0 spiro atoms. The number of aromatic nitrogens is 3. The smallest absolute Gasteiger partial charge is 0.276 e. The van der Waals surface area contributed by atoms with Crippen LogP contribution in [-0.4, -0.2) is 57.4 Å². The molecular formula is C12H22N6O2. The van der Waals surface area contributed by atoms with Crippen molar-refractivity contribution in [2.45, 2.75) is 32.9 Å². The van der Waals surface area contributed by atoms with Gasteiger partial charge < -0.3 is 16.0 Å². The summed E-state index contributed by atoms with van der Waals surface area (Å²) in [5, 5.41) is 10.4. The van der Waals surface area contributed by atoms with E-state index >= 15 is 0 Å². The summed E-state index contributed by atoms with van der Waals surface area (Å²) >= 11 is 0. The summed E-state index contributed by atoms with van der Waals surface area (Å²) in [5.74, 6) is -0.569. The van der Waals surface area contributed by atoms with E-state index in [2.05, 4.69) is 15.6 Å². The minimum absolute atomic E-state index is 0.0279. The van der Waals surface area contributed by atoms with Gasteiger partial charge in [-0.05, 0) is 20.8 Å². The Morgan fingerprint density at radius 2 is 2.10 bits per heavy atom. The number of likely N-dealkylation sites (N-methyl/N-ethyl adjacent to an activating group) is 1. The molecule has 0 aliphatic rings. The second kappa shape index (κ2) is 6.47. The lowest BCUT2D eigenvalue weighted by atomic mass is 10.1. The third-order valence-electron chi connectivity index (χ3n) is 2.36. The molecule has 0 saturated carbocycles. The average molecular weight is 282 g/mol. The molecule has 0 saturated heterocycles. The molecule has 0 aliphatic carbocycles. The molecular weight excluding hydrogens is 260 g/mol. The lowest BCUT2D eigenvalue weighted by molar-refractivity contribution is -0.122. The van der Waals surface area contributed by atoms with Gasteiger partial charge in [0.25, 0.3) is 5.91 Å². The van der Waals surface area contributed by atoms with Crippen LogP contribution in [0.2, 0.25) is 0 Å². The average Bonchev–Trinajstić information content (AvgIpc) is 2.74. The Morgan fingerprint density at radius 3 is 2.65 bits per heavy atom. The van der Waals surface area contributed by atoms with Crippen LogP contribution < -0.4 is 11.1 Å². The molecule has 0 atom stereocenters. The van der Waals surface area contributed by atoms with Gasteiger partial charge in [0.1, 0.15) is 0 Å². The van der Waals surface area contributed by atoms with E-state index in [1.807, 2.05) is 20.8 Å². The van der Waals surface area contributed by atoms with Gasteiger partial charge in [-0.3, -0.25) is 14.3 Å². The molecule has 0 aliphatic heterocycles. The first kappa shape index (κ1) is 16.1. The SMILES string of the molecule is CN(CC(=O)NC(C)(C)C)C(=O)c1cn(CCN)nn1. The fraction of sp³-hybridized carbons (Fsp3) is 0.667. The number of nitrogens with one attached hydrogen (secondary N) is 1. The Labute approximate surface area is 118 Å². The summed E-state index contributed by atoms with van der Waals surface area (Å²) in [6.45, 7) is 6.52. The molecule has 1 aromatic rings. The van der Waals surface area contributed by atoms with Gasteiger partial charge >= 0.3 is 0 Å². The van der Waals surface area contributed by atoms with E-state index < -0.39 is 0 Å². The number of nitrogens with zero attached hydrogens (tertiary/aromatic N) is 4. The van der Waals surface area contributed by atoms with Crippen LogP contribution in [0.4, 0.5) is 0 Å². The molecule has 1 rings (SSSR count). The van der Waals surface area contributed by atoms with Crippen molar-refractivity contribution >= 4 is 11.8 Å². The van der Waals surface area contributed by atoms with Crippen molar-refractivity contribution in [2.24, 2.45) is 5.73 Å². The summed E-state index contributed by atoms with van der Waals surface area (Å²) in [6, 6.07) is 0. The van der Waals surface area contributed by atoms with Crippen LogP contribution in [0.25, 0.3) is 0 Å². The Balaban J connectivity index is 2.60. The van der Waals surface area contributed by atoms with E-state index in [1.165, 1.54) is 15.8 Å². The van der Waals surface area contributed by atoms with Gasteiger partial charge in [0, 0.05) is 19.1 Å². The maximum Gasteiger partial charge on any atom is 0.276 e. The summed E-state index contributed by atoms with van der Waals surface area (Å²) in [5.41, 5.74) is 5.26. The fourth-order valence-corrected chi connectivity index (χ4v) is 1.58. The summed E-state index contributed by atoms with van der Waals surface area (Å²) in [6.07, 6.45) is 1.52. The molecule has 2 amide bonds. The van der Waals surface area contributed by atoms with Gasteiger partial charge in [-0.1, -0.05) is 5.21 Å². The van der Waals surface area contributed by atoms with E-state index in [1.54, 1.807) is 7.05 Å². The van der Waals surface area contributed by atoms with Crippen molar-refractivity contribution in [1.82, 2.24) is 25.2 Å². The Morgan fingerprint density at radius 1 is 1.45 bits per heavy atom. The maximum absolute atomic E-state index is 12.1. The number of carbonyl (C=O) groups is 2. The molecule has 20 heavy (non-hydrogen) atoms. The zero-order valence-corrected chi connectivity index (χ0v) is 12.4. The van der Waals surface area contributed by atoms with E-state index in [-0.39, 0.29) is 29.6 Å². The Bertz CT molecular complexity index is 477. The van der Waals surface area contributed by atoms with Crippen molar-refractivity contribution in [1.29, 1.82) is 0 Å². The van der Waals surface area contributed by atoms with Crippen LogP contribution in [0, 0.1) is 0 Å². The third-order valence-corrected chi connectivity index (χ3v) is 2.36. The molecule has 112 valence electrons. The lowest BCUT2D eigenvalue weighted by Crippen LogP contribution is -2.46. The zero-order valence-electron chi connectivity index (χ0n) is 12.4. The largest absolute Gasteiger partial charge is 0.350 e. The lowest BCUT2D eigenvalue weighted by Gasteiger charge is -2.23. The zero-order chi connectivity index (χ0) is 15.3.